The standard InChI is InChI=1S/C24H19ClN6O/c1-15-29-30-24-20(13-22(32)27-18-5-4-12-26-14-18)28-23(16-8-10-17(25)11-9-16)19-6-2-3-7-21(19)31(15)24/h2-12,14,20H,13H2,1H3,(H,27,32). The van der Waals surface area contributed by atoms with Crippen LogP contribution in [0.4, 0.5) is 5.69 Å². The quantitative estimate of drug-likeness (QED) is 0.502. The van der Waals surface area contributed by atoms with E-state index in [4.69, 9.17) is 16.6 Å². The topological polar surface area (TPSA) is 85.1 Å². The number of carbonyl (C=O) groups is 1. The fourth-order valence-corrected chi connectivity index (χ4v) is 3.97. The molecule has 1 N–H and O–H groups in total. The number of halogens is 1. The van der Waals surface area contributed by atoms with Crippen LogP contribution in [0, 0.1) is 6.92 Å². The van der Waals surface area contributed by atoms with Crippen LogP contribution in [0.3, 0.4) is 0 Å². The minimum atomic E-state index is -0.522. The minimum Gasteiger partial charge on any atom is -0.325 e. The van der Waals surface area contributed by atoms with Crippen LogP contribution in [-0.2, 0) is 4.79 Å². The number of aromatic nitrogens is 4. The van der Waals surface area contributed by atoms with Crippen molar-refractivity contribution in [2.75, 3.05) is 5.32 Å². The van der Waals surface area contributed by atoms with E-state index in [9.17, 15) is 4.79 Å². The SMILES string of the molecule is Cc1nnc2n1-c1ccccc1C(c1ccc(Cl)cc1)=NC2CC(=O)Nc1cccnc1. The van der Waals surface area contributed by atoms with Crippen molar-refractivity contribution in [2.24, 2.45) is 4.99 Å². The number of hydrogen-bond donors (Lipinski definition) is 1. The number of para-hydroxylation sites is 1. The van der Waals surface area contributed by atoms with Gasteiger partial charge in [-0.1, -0.05) is 41.9 Å². The molecule has 1 aliphatic heterocycles. The predicted octanol–water partition coefficient (Wildman–Crippen LogP) is 4.55. The van der Waals surface area contributed by atoms with Gasteiger partial charge >= 0.3 is 0 Å². The number of aryl methyl sites for hydroxylation is 1. The highest BCUT2D eigenvalue weighted by Crippen LogP contribution is 2.32. The van der Waals surface area contributed by atoms with Crippen molar-refractivity contribution in [1.29, 1.82) is 0 Å². The number of rotatable bonds is 4. The van der Waals surface area contributed by atoms with E-state index in [1.54, 1.807) is 24.5 Å². The summed E-state index contributed by atoms with van der Waals surface area (Å²) in [5.41, 5.74) is 4.19. The van der Waals surface area contributed by atoms with Gasteiger partial charge in [-0.15, -0.1) is 10.2 Å². The zero-order chi connectivity index (χ0) is 22.1. The lowest BCUT2D eigenvalue weighted by Crippen LogP contribution is -2.17. The molecule has 0 spiro atoms. The summed E-state index contributed by atoms with van der Waals surface area (Å²) in [5.74, 6) is 1.18. The van der Waals surface area contributed by atoms with Gasteiger partial charge in [0.25, 0.3) is 0 Å². The lowest BCUT2D eigenvalue weighted by atomic mass is 10.0. The third-order valence-corrected chi connectivity index (χ3v) is 5.53. The molecule has 1 amide bonds. The third kappa shape index (κ3) is 3.78. The van der Waals surface area contributed by atoms with Crippen LogP contribution in [0.25, 0.3) is 5.69 Å². The molecule has 0 saturated heterocycles. The monoisotopic (exact) mass is 442 g/mol. The van der Waals surface area contributed by atoms with E-state index in [0.717, 1.165) is 28.4 Å². The van der Waals surface area contributed by atoms with Gasteiger partial charge < -0.3 is 5.32 Å². The molecule has 1 aliphatic rings. The zero-order valence-corrected chi connectivity index (χ0v) is 18.0. The molecule has 2 aromatic heterocycles. The highest BCUT2D eigenvalue weighted by molar-refractivity contribution is 6.30. The molecule has 8 heteroatoms. The molecule has 0 saturated carbocycles. The van der Waals surface area contributed by atoms with E-state index in [2.05, 4.69) is 20.5 Å². The first-order valence-corrected chi connectivity index (χ1v) is 10.5. The van der Waals surface area contributed by atoms with E-state index in [0.29, 0.717) is 16.5 Å². The molecule has 1 atom stereocenters. The maximum Gasteiger partial charge on any atom is 0.227 e. The maximum absolute atomic E-state index is 12.9. The average Bonchev–Trinajstić information content (AvgIpc) is 3.13. The number of hydrogen-bond acceptors (Lipinski definition) is 5. The smallest absolute Gasteiger partial charge is 0.227 e. The maximum atomic E-state index is 12.9. The molecule has 3 heterocycles. The summed E-state index contributed by atoms with van der Waals surface area (Å²) in [7, 11) is 0. The van der Waals surface area contributed by atoms with Gasteiger partial charge in [0, 0.05) is 22.3 Å². The van der Waals surface area contributed by atoms with Gasteiger partial charge in [-0.3, -0.25) is 19.3 Å². The van der Waals surface area contributed by atoms with Gasteiger partial charge in [-0.2, -0.15) is 0 Å². The second-order valence-corrected chi connectivity index (χ2v) is 7.89. The number of fused-ring (bicyclic) bond motifs is 3. The Labute approximate surface area is 189 Å². The first-order valence-electron chi connectivity index (χ1n) is 10.2. The summed E-state index contributed by atoms with van der Waals surface area (Å²) >= 11 is 6.11. The van der Waals surface area contributed by atoms with Gasteiger partial charge in [0.05, 0.1) is 29.7 Å². The van der Waals surface area contributed by atoms with E-state index >= 15 is 0 Å². The van der Waals surface area contributed by atoms with Crippen LogP contribution in [0.1, 0.15) is 35.2 Å². The second-order valence-electron chi connectivity index (χ2n) is 7.45. The van der Waals surface area contributed by atoms with Crippen LogP contribution in [0.2, 0.25) is 5.02 Å². The van der Waals surface area contributed by atoms with Crippen LogP contribution < -0.4 is 5.32 Å². The Morgan fingerprint density at radius 3 is 2.66 bits per heavy atom. The fraction of sp³-hybridized carbons (Fsp3) is 0.125. The molecule has 0 aliphatic carbocycles. The summed E-state index contributed by atoms with van der Waals surface area (Å²) in [5, 5.41) is 12.2. The van der Waals surface area contributed by atoms with Crippen molar-refractivity contribution < 1.29 is 4.79 Å². The minimum absolute atomic E-state index is 0.109. The number of benzene rings is 2. The van der Waals surface area contributed by atoms with Crippen LogP contribution >= 0.6 is 11.6 Å². The molecule has 7 nitrogen and oxygen atoms in total. The van der Waals surface area contributed by atoms with E-state index in [-0.39, 0.29) is 12.3 Å². The molecule has 0 bridgehead atoms. The summed E-state index contributed by atoms with van der Waals surface area (Å²) in [6.45, 7) is 1.90. The third-order valence-electron chi connectivity index (χ3n) is 5.27. The van der Waals surface area contributed by atoms with Gasteiger partial charge in [-0.05, 0) is 37.3 Å². The van der Waals surface area contributed by atoms with Gasteiger partial charge in [0.2, 0.25) is 5.91 Å². The van der Waals surface area contributed by atoms with Crippen molar-refractivity contribution in [3.8, 4) is 5.69 Å². The molecule has 158 valence electrons. The van der Waals surface area contributed by atoms with Crippen molar-refractivity contribution in [3.63, 3.8) is 0 Å². The molecular formula is C24H19ClN6O. The normalized spacial score (nSPS) is 14.7. The van der Waals surface area contributed by atoms with Crippen molar-refractivity contribution in [1.82, 2.24) is 19.7 Å². The Balaban J connectivity index is 1.61. The van der Waals surface area contributed by atoms with Crippen molar-refractivity contribution >= 4 is 28.9 Å². The zero-order valence-electron chi connectivity index (χ0n) is 17.2. The highest BCUT2D eigenvalue weighted by Gasteiger charge is 2.29. The lowest BCUT2D eigenvalue weighted by Gasteiger charge is -2.13. The number of carbonyl (C=O) groups excluding carboxylic acids is 1. The summed E-state index contributed by atoms with van der Waals surface area (Å²) in [6, 6.07) is 18.6. The molecule has 32 heavy (non-hydrogen) atoms. The van der Waals surface area contributed by atoms with Crippen molar-refractivity contribution in [3.05, 3.63) is 101 Å². The number of nitrogens with one attached hydrogen (secondary N) is 1. The summed E-state index contributed by atoms with van der Waals surface area (Å²) in [4.78, 5) is 22.0. The summed E-state index contributed by atoms with van der Waals surface area (Å²) < 4.78 is 1.98. The molecule has 1 unspecified atom stereocenters. The Bertz CT molecular complexity index is 1310. The number of pyridine rings is 1. The van der Waals surface area contributed by atoms with E-state index in [1.807, 2.05) is 60.0 Å². The Kier molecular flexibility index (Phi) is 5.25. The van der Waals surface area contributed by atoms with E-state index in [1.165, 1.54) is 0 Å². The Morgan fingerprint density at radius 2 is 1.88 bits per heavy atom. The van der Waals surface area contributed by atoms with Crippen LogP contribution in [0.15, 0.2) is 78.0 Å². The molecule has 5 rings (SSSR count). The Hall–Kier alpha value is -3.84. The summed E-state index contributed by atoms with van der Waals surface area (Å²) in [6.07, 6.45) is 3.38. The number of nitrogens with zero attached hydrogens (tertiary/aromatic N) is 5. The number of anilines is 1. The largest absolute Gasteiger partial charge is 0.325 e. The molecule has 2 aromatic carbocycles. The van der Waals surface area contributed by atoms with Crippen LogP contribution in [-0.4, -0.2) is 31.4 Å². The molecular weight excluding hydrogens is 424 g/mol. The second kappa shape index (κ2) is 8.36. The number of amides is 1. The fourth-order valence-electron chi connectivity index (χ4n) is 3.84. The Morgan fingerprint density at radius 1 is 1.06 bits per heavy atom. The first kappa shape index (κ1) is 20.1. The van der Waals surface area contributed by atoms with Gasteiger partial charge in [0.15, 0.2) is 5.82 Å². The first-order chi connectivity index (χ1) is 15.6. The lowest BCUT2D eigenvalue weighted by molar-refractivity contribution is -0.116. The molecule has 4 aromatic rings. The van der Waals surface area contributed by atoms with Crippen LogP contribution in [0.5, 0.6) is 0 Å². The average molecular weight is 443 g/mol. The van der Waals surface area contributed by atoms with E-state index < -0.39 is 6.04 Å². The number of aliphatic imine (C=N–C) groups is 1. The molecule has 0 radical (unpaired) electrons. The van der Waals surface area contributed by atoms with Gasteiger partial charge in [-0.25, -0.2) is 0 Å². The highest BCUT2D eigenvalue weighted by atomic mass is 35.5. The predicted molar refractivity (Wildman–Crippen MR) is 123 cm³/mol. The molecule has 0 fully saturated rings. The van der Waals surface area contributed by atoms with Crippen molar-refractivity contribution in [2.45, 2.75) is 19.4 Å². The van der Waals surface area contributed by atoms with Gasteiger partial charge in [0.1, 0.15) is 11.9 Å².